The monoisotopic (exact) mass is 620 g/mol. The molecule has 3 unspecified atom stereocenters. The fourth-order valence-corrected chi connectivity index (χ4v) is 10.4. The summed E-state index contributed by atoms with van der Waals surface area (Å²) in [5.74, 6) is 3.05. The number of carbonyl (C=O) groups is 3. The summed E-state index contributed by atoms with van der Waals surface area (Å²) in [4.78, 5) is 41.9. The molecule has 7 aliphatic rings. The predicted octanol–water partition coefficient (Wildman–Crippen LogP) is 3.86. The maximum absolute atomic E-state index is 14.5. The van der Waals surface area contributed by atoms with Crippen LogP contribution in [0.3, 0.4) is 0 Å². The molecule has 45 heavy (non-hydrogen) atoms. The average molecular weight is 621 g/mol. The summed E-state index contributed by atoms with van der Waals surface area (Å²) in [6.07, 6.45) is 9.21. The average Bonchev–Trinajstić information content (AvgIpc) is 3.77. The summed E-state index contributed by atoms with van der Waals surface area (Å²) >= 11 is 0. The van der Waals surface area contributed by atoms with Gasteiger partial charge in [0.05, 0.1) is 25.7 Å². The lowest BCUT2D eigenvalue weighted by molar-refractivity contribution is -0.147. The Hall–Kier alpha value is -2.91. The Kier molecular flexibility index (Phi) is 8.00. The first kappa shape index (κ1) is 30.7. The van der Waals surface area contributed by atoms with Crippen molar-refractivity contribution in [3.8, 4) is 11.5 Å². The lowest BCUT2D eigenvalue weighted by Crippen LogP contribution is -2.60. The normalized spacial score (nSPS) is 36.6. The molecule has 5 fully saturated rings. The van der Waals surface area contributed by atoms with Gasteiger partial charge in [-0.3, -0.25) is 14.4 Å². The molecule has 244 valence electrons. The third-order valence-corrected chi connectivity index (χ3v) is 12.8. The summed E-state index contributed by atoms with van der Waals surface area (Å²) in [5, 5.41) is 24.4. The first-order valence-electron chi connectivity index (χ1n) is 17.1. The Morgan fingerprint density at radius 1 is 1.13 bits per heavy atom. The lowest BCUT2D eigenvalue weighted by Gasteiger charge is -2.61. The maximum Gasteiger partial charge on any atom is 0.247 e. The van der Waals surface area contributed by atoms with Crippen LogP contribution in [0.15, 0.2) is 23.8 Å². The SMILES string of the molecule is COc1cc(C=O)cc2c1O[C@@H]1[C@@H](O)[C@H](N(C[C@@H]3CC[C@H]4C[C@@H]3C4(C)C)C(=O)CC3CC4CCC3C4)C=C(C(=O)NCCO)[C@H]21. The Labute approximate surface area is 265 Å². The van der Waals surface area contributed by atoms with Crippen LogP contribution in [0.2, 0.25) is 0 Å². The number of nitrogens with one attached hydrogen (secondary N) is 1. The van der Waals surface area contributed by atoms with Crippen molar-refractivity contribution in [2.24, 2.45) is 40.9 Å². The van der Waals surface area contributed by atoms with Gasteiger partial charge in [-0.05, 0) is 97.7 Å². The lowest BCUT2D eigenvalue weighted by atomic mass is 9.45. The van der Waals surface area contributed by atoms with Crippen LogP contribution in [-0.2, 0) is 9.59 Å². The summed E-state index contributed by atoms with van der Waals surface area (Å²) in [7, 11) is 1.49. The molecule has 0 radical (unpaired) electrons. The molecule has 8 rings (SSSR count). The highest BCUT2D eigenvalue weighted by molar-refractivity contribution is 5.96. The summed E-state index contributed by atoms with van der Waals surface area (Å²) in [6.45, 7) is 5.11. The second-order valence-corrected chi connectivity index (χ2v) is 15.3. The maximum atomic E-state index is 14.5. The zero-order valence-corrected chi connectivity index (χ0v) is 26.7. The number of nitrogens with zero attached hydrogens (tertiary/aromatic N) is 1. The van der Waals surface area contributed by atoms with Gasteiger partial charge in [0.15, 0.2) is 11.5 Å². The topological polar surface area (TPSA) is 125 Å². The molecule has 0 saturated heterocycles. The smallest absolute Gasteiger partial charge is 0.247 e. The Balaban J connectivity index is 1.26. The zero-order chi connectivity index (χ0) is 31.6. The van der Waals surface area contributed by atoms with Crippen molar-refractivity contribution in [1.82, 2.24) is 10.2 Å². The van der Waals surface area contributed by atoms with Gasteiger partial charge in [-0.1, -0.05) is 20.3 Å². The van der Waals surface area contributed by atoms with Gasteiger partial charge in [0.1, 0.15) is 18.5 Å². The van der Waals surface area contributed by atoms with E-state index >= 15 is 0 Å². The minimum Gasteiger partial charge on any atom is -0.493 e. The van der Waals surface area contributed by atoms with Crippen molar-refractivity contribution >= 4 is 18.1 Å². The van der Waals surface area contributed by atoms with Gasteiger partial charge < -0.3 is 29.9 Å². The highest BCUT2D eigenvalue weighted by Gasteiger charge is 2.56. The Morgan fingerprint density at radius 2 is 1.96 bits per heavy atom. The molecule has 1 aromatic rings. The number of amides is 2. The van der Waals surface area contributed by atoms with E-state index in [1.807, 2.05) is 4.90 Å². The number of ether oxygens (including phenoxy) is 2. The number of methoxy groups -OCH3 is 1. The third kappa shape index (κ3) is 5.09. The van der Waals surface area contributed by atoms with E-state index in [0.29, 0.717) is 64.8 Å². The van der Waals surface area contributed by atoms with Crippen LogP contribution in [-0.4, -0.2) is 78.3 Å². The van der Waals surface area contributed by atoms with E-state index < -0.39 is 24.2 Å². The van der Waals surface area contributed by atoms with Crippen LogP contribution in [0.4, 0.5) is 0 Å². The van der Waals surface area contributed by atoms with Gasteiger partial charge in [0.25, 0.3) is 0 Å². The molecule has 0 spiro atoms. The van der Waals surface area contributed by atoms with Crippen LogP contribution in [0, 0.1) is 40.9 Å². The molecule has 2 amide bonds. The highest BCUT2D eigenvalue weighted by atomic mass is 16.5. The molecule has 5 saturated carbocycles. The zero-order valence-electron chi connectivity index (χ0n) is 26.7. The molecule has 1 heterocycles. The molecule has 9 nitrogen and oxygen atoms in total. The van der Waals surface area contributed by atoms with Crippen molar-refractivity contribution in [3.63, 3.8) is 0 Å². The van der Waals surface area contributed by atoms with Gasteiger partial charge in [-0.25, -0.2) is 0 Å². The van der Waals surface area contributed by atoms with E-state index in [2.05, 4.69) is 19.2 Å². The van der Waals surface area contributed by atoms with Crippen LogP contribution in [0.25, 0.3) is 0 Å². The minimum absolute atomic E-state index is 0.0528. The molecule has 9 heteroatoms. The molecule has 3 N–H and O–H groups in total. The Bertz CT molecular complexity index is 1390. The van der Waals surface area contributed by atoms with Gasteiger partial charge in [-0.15, -0.1) is 0 Å². The molecule has 1 aromatic carbocycles. The molecule has 1 aliphatic heterocycles. The van der Waals surface area contributed by atoms with Crippen molar-refractivity contribution in [1.29, 1.82) is 0 Å². The number of aldehydes is 1. The number of fused-ring (bicyclic) bond motifs is 7. The van der Waals surface area contributed by atoms with E-state index in [1.54, 1.807) is 18.2 Å². The Morgan fingerprint density at radius 3 is 2.60 bits per heavy atom. The third-order valence-electron chi connectivity index (χ3n) is 12.8. The molecule has 4 bridgehead atoms. The molecular formula is C36H48N2O7. The second kappa shape index (κ2) is 11.7. The number of benzene rings is 1. The van der Waals surface area contributed by atoms with Gasteiger partial charge >= 0.3 is 0 Å². The molecule has 6 aliphatic carbocycles. The highest BCUT2D eigenvalue weighted by Crippen LogP contribution is 2.62. The van der Waals surface area contributed by atoms with Crippen LogP contribution < -0.4 is 14.8 Å². The number of aliphatic hydroxyl groups is 2. The van der Waals surface area contributed by atoms with Crippen molar-refractivity contribution in [2.45, 2.75) is 89.4 Å². The van der Waals surface area contributed by atoms with Crippen molar-refractivity contribution < 1.29 is 34.1 Å². The van der Waals surface area contributed by atoms with Gasteiger partial charge in [0.2, 0.25) is 11.8 Å². The first-order chi connectivity index (χ1) is 21.6. The number of rotatable bonds is 10. The first-order valence-corrected chi connectivity index (χ1v) is 17.1. The fraction of sp³-hybridized carbons (Fsp3) is 0.694. The van der Waals surface area contributed by atoms with Crippen LogP contribution >= 0.6 is 0 Å². The number of carbonyl (C=O) groups excluding carboxylic acids is 3. The standard InChI is InChI=1S/C36H48N2O7/c1-36(2)24-7-6-22(27(36)15-24)17-38(30(41)14-23-11-19-4-5-21(23)10-19)28-16-26(35(43)37-8-9-39)31-25-12-20(18-40)13-29(44-3)33(25)45-34(31)32(28)42/h12-13,16,18-19,21-24,27-28,31-32,34,39,42H,4-11,14-15,17H2,1-3H3,(H,37,43)/t19?,21?,22-,23?,24-,27-,28+,31-,32-,34-/m0/s1. The van der Waals surface area contributed by atoms with E-state index in [4.69, 9.17) is 9.47 Å². The largest absolute Gasteiger partial charge is 0.493 e. The summed E-state index contributed by atoms with van der Waals surface area (Å²) < 4.78 is 12.0. The minimum atomic E-state index is -1.10. The second-order valence-electron chi connectivity index (χ2n) is 15.3. The summed E-state index contributed by atoms with van der Waals surface area (Å²) in [6, 6.07) is 2.52. The van der Waals surface area contributed by atoms with Crippen molar-refractivity contribution in [2.75, 3.05) is 26.8 Å². The van der Waals surface area contributed by atoms with Gasteiger partial charge in [0, 0.05) is 36.2 Å². The number of hydrogen-bond donors (Lipinski definition) is 3. The molecular weight excluding hydrogens is 572 g/mol. The molecule has 0 aromatic heterocycles. The quantitative estimate of drug-likeness (QED) is 0.339. The van der Waals surface area contributed by atoms with Gasteiger partial charge in [-0.2, -0.15) is 0 Å². The van der Waals surface area contributed by atoms with E-state index in [0.717, 1.165) is 37.4 Å². The van der Waals surface area contributed by atoms with E-state index in [-0.39, 0.29) is 30.4 Å². The predicted molar refractivity (Wildman–Crippen MR) is 167 cm³/mol. The van der Waals surface area contributed by atoms with Crippen LogP contribution in [0.1, 0.15) is 87.1 Å². The van der Waals surface area contributed by atoms with E-state index in [1.165, 1.54) is 32.8 Å². The summed E-state index contributed by atoms with van der Waals surface area (Å²) in [5.41, 5.74) is 1.59. The molecule has 10 atom stereocenters. The van der Waals surface area contributed by atoms with E-state index in [9.17, 15) is 24.6 Å². The van der Waals surface area contributed by atoms with Crippen LogP contribution in [0.5, 0.6) is 11.5 Å². The fourth-order valence-electron chi connectivity index (χ4n) is 10.4. The number of hydrogen-bond acceptors (Lipinski definition) is 7. The van der Waals surface area contributed by atoms with Crippen molar-refractivity contribution in [3.05, 3.63) is 34.9 Å². The number of aliphatic hydroxyl groups excluding tert-OH is 2.